The number of nitrogens with one attached hydrogen (secondary N) is 1. The van der Waals surface area contributed by atoms with E-state index in [2.05, 4.69) is 9.82 Å². The summed E-state index contributed by atoms with van der Waals surface area (Å²) in [5.41, 5.74) is 6.71. The zero-order valence-electron chi connectivity index (χ0n) is 11.7. The molecule has 2 rings (SSSR count). The van der Waals surface area contributed by atoms with E-state index >= 15 is 0 Å². The van der Waals surface area contributed by atoms with E-state index < -0.39 is 10.0 Å². The smallest absolute Gasteiger partial charge is 0.244 e. The molecule has 1 aromatic heterocycles. The van der Waals surface area contributed by atoms with E-state index in [0.717, 1.165) is 12.8 Å². The maximum atomic E-state index is 12.4. The second-order valence-corrected chi connectivity index (χ2v) is 6.96. The molecule has 1 saturated carbocycles. The second-order valence-electron chi connectivity index (χ2n) is 5.31. The van der Waals surface area contributed by atoms with Gasteiger partial charge in [0.2, 0.25) is 10.0 Å². The zero-order chi connectivity index (χ0) is 14.2. The third kappa shape index (κ3) is 2.98. The Morgan fingerprint density at radius 2 is 2.11 bits per heavy atom. The predicted molar refractivity (Wildman–Crippen MR) is 73.3 cm³/mol. The van der Waals surface area contributed by atoms with E-state index in [9.17, 15) is 8.42 Å². The monoisotopic (exact) mass is 286 g/mol. The second kappa shape index (κ2) is 5.22. The number of hydrogen-bond donors (Lipinski definition) is 2. The summed E-state index contributed by atoms with van der Waals surface area (Å²) in [6.45, 7) is 6.78. The Labute approximate surface area is 114 Å². The minimum absolute atomic E-state index is 0.0798. The molecule has 0 spiro atoms. The molecule has 1 aliphatic rings. The number of hydrogen-bond acceptors (Lipinski definition) is 4. The molecule has 2 atom stereocenters. The van der Waals surface area contributed by atoms with Crippen LogP contribution in [0, 0.1) is 19.8 Å². The first-order valence-corrected chi connectivity index (χ1v) is 8.11. The van der Waals surface area contributed by atoms with Crippen LogP contribution >= 0.6 is 0 Å². The van der Waals surface area contributed by atoms with Gasteiger partial charge in [0.15, 0.2) is 0 Å². The van der Waals surface area contributed by atoms with Crippen LogP contribution in [0.25, 0.3) is 0 Å². The highest BCUT2D eigenvalue weighted by Crippen LogP contribution is 2.31. The number of nitrogens with zero attached hydrogens (tertiary/aromatic N) is 2. The number of rotatable bonds is 6. The molecule has 6 nitrogen and oxygen atoms in total. The van der Waals surface area contributed by atoms with Gasteiger partial charge in [0.1, 0.15) is 4.90 Å². The molecule has 7 heteroatoms. The number of aromatic nitrogens is 2. The van der Waals surface area contributed by atoms with Crippen LogP contribution in [0.15, 0.2) is 4.90 Å². The van der Waals surface area contributed by atoms with Crippen LogP contribution in [0.3, 0.4) is 0 Å². The highest BCUT2D eigenvalue weighted by Gasteiger charge is 2.38. The van der Waals surface area contributed by atoms with Crippen LogP contribution in [0.2, 0.25) is 0 Å². The van der Waals surface area contributed by atoms with Gasteiger partial charge in [0.25, 0.3) is 0 Å². The molecule has 19 heavy (non-hydrogen) atoms. The molecular formula is C12H22N4O2S. The normalized spacial score (nSPS) is 22.7. The zero-order valence-corrected chi connectivity index (χ0v) is 12.5. The van der Waals surface area contributed by atoms with Crippen LogP contribution in [0.4, 0.5) is 0 Å². The Balaban J connectivity index is 2.26. The van der Waals surface area contributed by atoms with Gasteiger partial charge in [0.05, 0.1) is 11.4 Å². The molecular weight excluding hydrogens is 264 g/mol. The molecule has 0 amide bonds. The molecule has 1 heterocycles. The molecule has 0 aromatic carbocycles. The molecule has 108 valence electrons. The predicted octanol–water partition coefficient (Wildman–Crippen LogP) is 0.535. The summed E-state index contributed by atoms with van der Waals surface area (Å²) in [7, 11) is -3.46. The standard InChI is InChI=1S/C12H22N4O2S/c1-8-7-11(8)15-19(17,18)12-9(2)14-16(10(12)3)6-4-5-13/h8,11,15H,4-7,13H2,1-3H3. The minimum atomic E-state index is -3.46. The Kier molecular flexibility index (Phi) is 3.98. The first-order valence-electron chi connectivity index (χ1n) is 6.63. The van der Waals surface area contributed by atoms with Crippen molar-refractivity contribution < 1.29 is 8.42 Å². The van der Waals surface area contributed by atoms with E-state index in [0.29, 0.717) is 35.3 Å². The lowest BCUT2D eigenvalue weighted by Gasteiger charge is -2.07. The number of aryl methyl sites for hydroxylation is 2. The van der Waals surface area contributed by atoms with Crippen molar-refractivity contribution in [1.82, 2.24) is 14.5 Å². The lowest BCUT2D eigenvalue weighted by Crippen LogP contribution is -2.27. The van der Waals surface area contributed by atoms with Crippen molar-refractivity contribution in [3.63, 3.8) is 0 Å². The maximum Gasteiger partial charge on any atom is 0.244 e. The topological polar surface area (TPSA) is 90.0 Å². The van der Waals surface area contributed by atoms with Gasteiger partial charge in [-0.25, -0.2) is 13.1 Å². The fourth-order valence-corrected chi connectivity index (χ4v) is 4.04. The minimum Gasteiger partial charge on any atom is -0.330 e. The lowest BCUT2D eigenvalue weighted by molar-refractivity contribution is 0.562. The summed E-state index contributed by atoms with van der Waals surface area (Å²) in [5.74, 6) is 0.433. The third-order valence-corrected chi connectivity index (χ3v) is 5.32. The Bertz CT molecular complexity index is 565. The van der Waals surface area contributed by atoms with Gasteiger partial charge in [-0.05, 0) is 39.2 Å². The van der Waals surface area contributed by atoms with Gasteiger partial charge in [-0.3, -0.25) is 4.68 Å². The van der Waals surface area contributed by atoms with Crippen LogP contribution in [-0.4, -0.2) is 30.8 Å². The molecule has 0 bridgehead atoms. The average molecular weight is 286 g/mol. The Hall–Kier alpha value is -0.920. The van der Waals surface area contributed by atoms with Crippen LogP contribution in [-0.2, 0) is 16.6 Å². The van der Waals surface area contributed by atoms with Gasteiger partial charge >= 0.3 is 0 Å². The van der Waals surface area contributed by atoms with Crippen molar-refractivity contribution in [3.05, 3.63) is 11.4 Å². The largest absolute Gasteiger partial charge is 0.330 e. The van der Waals surface area contributed by atoms with Crippen LogP contribution in [0.1, 0.15) is 31.2 Å². The van der Waals surface area contributed by atoms with Crippen molar-refractivity contribution in [1.29, 1.82) is 0 Å². The molecule has 3 N–H and O–H groups in total. The summed E-state index contributed by atoms with van der Waals surface area (Å²) in [6, 6.07) is 0.0798. The summed E-state index contributed by atoms with van der Waals surface area (Å²) in [4.78, 5) is 0.323. The summed E-state index contributed by atoms with van der Waals surface area (Å²) in [6.07, 6.45) is 1.70. The molecule has 2 unspecified atom stereocenters. The molecule has 0 aliphatic heterocycles. The van der Waals surface area contributed by atoms with E-state index in [-0.39, 0.29) is 6.04 Å². The first kappa shape index (κ1) is 14.5. The summed E-state index contributed by atoms with van der Waals surface area (Å²) >= 11 is 0. The summed E-state index contributed by atoms with van der Waals surface area (Å²) in [5, 5.41) is 4.30. The van der Waals surface area contributed by atoms with Crippen molar-refractivity contribution >= 4 is 10.0 Å². The number of nitrogens with two attached hydrogens (primary N) is 1. The molecule has 1 aliphatic carbocycles. The number of sulfonamides is 1. The highest BCUT2D eigenvalue weighted by atomic mass is 32.2. The van der Waals surface area contributed by atoms with Crippen LogP contribution < -0.4 is 10.5 Å². The van der Waals surface area contributed by atoms with Crippen molar-refractivity contribution in [3.8, 4) is 0 Å². The molecule has 1 fully saturated rings. The Morgan fingerprint density at radius 3 is 2.63 bits per heavy atom. The fourth-order valence-electron chi connectivity index (χ4n) is 2.27. The van der Waals surface area contributed by atoms with E-state index in [1.165, 1.54) is 0 Å². The molecule has 1 aromatic rings. The van der Waals surface area contributed by atoms with E-state index in [1.54, 1.807) is 18.5 Å². The SMILES string of the molecule is Cc1nn(CCCN)c(C)c1S(=O)(=O)NC1CC1C. The quantitative estimate of drug-likeness (QED) is 0.798. The highest BCUT2D eigenvalue weighted by molar-refractivity contribution is 7.89. The Morgan fingerprint density at radius 1 is 1.47 bits per heavy atom. The lowest BCUT2D eigenvalue weighted by atomic mass is 10.4. The van der Waals surface area contributed by atoms with Gasteiger partial charge in [0, 0.05) is 12.6 Å². The van der Waals surface area contributed by atoms with Crippen molar-refractivity contribution in [2.24, 2.45) is 11.7 Å². The maximum absolute atomic E-state index is 12.4. The van der Waals surface area contributed by atoms with Gasteiger partial charge in [-0.15, -0.1) is 0 Å². The van der Waals surface area contributed by atoms with Gasteiger partial charge in [-0.1, -0.05) is 6.92 Å². The van der Waals surface area contributed by atoms with Gasteiger partial charge in [-0.2, -0.15) is 5.10 Å². The average Bonchev–Trinajstić information content (AvgIpc) is 2.88. The van der Waals surface area contributed by atoms with Crippen molar-refractivity contribution in [2.75, 3.05) is 6.54 Å². The van der Waals surface area contributed by atoms with Gasteiger partial charge < -0.3 is 5.73 Å². The molecule has 0 radical (unpaired) electrons. The van der Waals surface area contributed by atoms with Crippen molar-refractivity contribution in [2.45, 2.75) is 51.1 Å². The van der Waals surface area contributed by atoms with E-state index in [1.807, 2.05) is 6.92 Å². The van der Waals surface area contributed by atoms with E-state index in [4.69, 9.17) is 5.73 Å². The fraction of sp³-hybridized carbons (Fsp3) is 0.750. The third-order valence-electron chi connectivity index (χ3n) is 3.57. The van der Waals surface area contributed by atoms with Crippen LogP contribution in [0.5, 0.6) is 0 Å². The first-order chi connectivity index (χ1) is 8.86. The summed E-state index contributed by atoms with van der Waals surface area (Å²) < 4.78 is 29.2. The molecule has 0 saturated heterocycles.